The lowest BCUT2D eigenvalue weighted by atomic mass is 10.2. The number of rotatable bonds is 6. The first-order valence-corrected chi connectivity index (χ1v) is 7.59. The first-order chi connectivity index (χ1) is 9.65. The van der Waals surface area contributed by atoms with Gasteiger partial charge in [-0.3, -0.25) is 0 Å². The number of benzene rings is 2. The van der Waals surface area contributed by atoms with Crippen molar-refractivity contribution < 1.29 is 9.84 Å². The molecule has 0 aliphatic rings. The van der Waals surface area contributed by atoms with E-state index in [-0.39, 0.29) is 6.61 Å². The number of anilines is 1. The Hall–Kier alpha value is -1.27. The molecule has 1 atom stereocenters. The number of hydrogen-bond donors (Lipinski definition) is 2. The van der Waals surface area contributed by atoms with E-state index in [9.17, 15) is 5.11 Å². The van der Waals surface area contributed by atoms with Gasteiger partial charge >= 0.3 is 0 Å². The van der Waals surface area contributed by atoms with Crippen LogP contribution in [0.15, 0.2) is 48.5 Å². The fourth-order valence-corrected chi connectivity index (χ4v) is 2.37. The minimum absolute atomic E-state index is 0.278. The Morgan fingerprint density at radius 2 is 2.00 bits per heavy atom. The molecular formula is C16H18INO2. The van der Waals surface area contributed by atoms with Crippen LogP contribution in [0.4, 0.5) is 5.69 Å². The van der Waals surface area contributed by atoms with Crippen molar-refractivity contribution in [2.24, 2.45) is 0 Å². The minimum Gasteiger partial charge on any atom is -0.491 e. The highest BCUT2D eigenvalue weighted by atomic mass is 127. The SMILES string of the molecule is Cc1cccc(OCC(O)CNc2ccccc2I)c1. The molecule has 0 bridgehead atoms. The molecule has 20 heavy (non-hydrogen) atoms. The summed E-state index contributed by atoms with van der Waals surface area (Å²) in [5, 5.41) is 13.2. The zero-order valence-electron chi connectivity index (χ0n) is 11.3. The summed E-state index contributed by atoms with van der Waals surface area (Å²) in [7, 11) is 0. The van der Waals surface area contributed by atoms with Crippen molar-refractivity contribution in [1.29, 1.82) is 0 Å². The van der Waals surface area contributed by atoms with Gasteiger partial charge in [-0.05, 0) is 59.3 Å². The Morgan fingerprint density at radius 1 is 1.20 bits per heavy atom. The molecule has 0 radical (unpaired) electrons. The number of aryl methyl sites for hydroxylation is 1. The highest BCUT2D eigenvalue weighted by Gasteiger charge is 2.06. The van der Waals surface area contributed by atoms with Crippen LogP contribution in [0.5, 0.6) is 5.75 Å². The summed E-state index contributed by atoms with van der Waals surface area (Å²) in [6, 6.07) is 15.8. The molecule has 2 aromatic rings. The highest BCUT2D eigenvalue weighted by molar-refractivity contribution is 14.1. The van der Waals surface area contributed by atoms with Crippen molar-refractivity contribution in [3.63, 3.8) is 0 Å². The maximum absolute atomic E-state index is 9.94. The van der Waals surface area contributed by atoms with Crippen molar-refractivity contribution in [3.8, 4) is 5.75 Å². The molecule has 2 N–H and O–H groups in total. The van der Waals surface area contributed by atoms with E-state index < -0.39 is 6.10 Å². The maximum Gasteiger partial charge on any atom is 0.119 e. The predicted octanol–water partition coefficient (Wildman–Crippen LogP) is 3.45. The lowest BCUT2D eigenvalue weighted by Crippen LogP contribution is -2.26. The summed E-state index contributed by atoms with van der Waals surface area (Å²) < 4.78 is 6.71. The summed E-state index contributed by atoms with van der Waals surface area (Å²) in [6.45, 7) is 2.76. The lowest BCUT2D eigenvalue weighted by Gasteiger charge is -2.15. The van der Waals surface area contributed by atoms with Crippen LogP contribution in [0.1, 0.15) is 5.56 Å². The molecule has 0 saturated carbocycles. The summed E-state index contributed by atoms with van der Waals surface area (Å²) in [6.07, 6.45) is -0.550. The van der Waals surface area contributed by atoms with E-state index in [0.717, 1.165) is 20.6 Å². The quantitative estimate of drug-likeness (QED) is 0.751. The van der Waals surface area contributed by atoms with Crippen molar-refractivity contribution >= 4 is 28.3 Å². The molecule has 106 valence electrons. The van der Waals surface area contributed by atoms with Crippen LogP contribution < -0.4 is 10.1 Å². The van der Waals surface area contributed by atoms with E-state index in [4.69, 9.17) is 4.74 Å². The van der Waals surface area contributed by atoms with Gasteiger partial charge in [-0.15, -0.1) is 0 Å². The van der Waals surface area contributed by atoms with E-state index in [1.807, 2.05) is 55.5 Å². The second kappa shape index (κ2) is 7.50. The van der Waals surface area contributed by atoms with Crippen molar-refractivity contribution in [1.82, 2.24) is 0 Å². The number of hydrogen-bond acceptors (Lipinski definition) is 3. The topological polar surface area (TPSA) is 41.5 Å². The number of halogens is 1. The largest absolute Gasteiger partial charge is 0.491 e. The number of aliphatic hydroxyl groups is 1. The molecule has 0 aliphatic heterocycles. The third-order valence-corrected chi connectivity index (χ3v) is 3.77. The van der Waals surface area contributed by atoms with Gasteiger partial charge in [-0.1, -0.05) is 24.3 Å². The molecule has 2 aromatic carbocycles. The zero-order valence-corrected chi connectivity index (χ0v) is 13.5. The van der Waals surface area contributed by atoms with Crippen LogP contribution in [-0.4, -0.2) is 24.4 Å². The first-order valence-electron chi connectivity index (χ1n) is 6.51. The molecule has 4 heteroatoms. The summed E-state index contributed by atoms with van der Waals surface area (Å²) in [4.78, 5) is 0. The fraction of sp³-hybridized carbons (Fsp3) is 0.250. The van der Waals surface area contributed by atoms with Gasteiger partial charge in [0.25, 0.3) is 0 Å². The van der Waals surface area contributed by atoms with Crippen LogP contribution in [0.25, 0.3) is 0 Å². The van der Waals surface area contributed by atoms with E-state index in [2.05, 4.69) is 27.9 Å². The van der Waals surface area contributed by atoms with Crippen molar-refractivity contribution in [3.05, 3.63) is 57.7 Å². The monoisotopic (exact) mass is 383 g/mol. The van der Waals surface area contributed by atoms with E-state index in [0.29, 0.717) is 6.54 Å². The second-order valence-electron chi connectivity index (χ2n) is 4.64. The number of nitrogens with one attached hydrogen (secondary N) is 1. The van der Waals surface area contributed by atoms with Crippen LogP contribution >= 0.6 is 22.6 Å². The van der Waals surface area contributed by atoms with Crippen LogP contribution in [0.3, 0.4) is 0 Å². The molecule has 0 amide bonds. The molecule has 2 rings (SSSR count). The summed E-state index contributed by atoms with van der Waals surface area (Å²) >= 11 is 2.27. The molecular weight excluding hydrogens is 365 g/mol. The number of para-hydroxylation sites is 1. The Morgan fingerprint density at radius 3 is 2.75 bits per heavy atom. The van der Waals surface area contributed by atoms with E-state index in [1.165, 1.54) is 0 Å². The molecule has 0 fully saturated rings. The van der Waals surface area contributed by atoms with Crippen LogP contribution in [0, 0.1) is 10.5 Å². The highest BCUT2D eigenvalue weighted by Crippen LogP contribution is 2.17. The van der Waals surface area contributed by atoms with Gasteiger partial charge in [-0.2, -0.15) is 0 Å². The maximum atomic E-state index is 9.94. The van der Waals surface area contributed by atoms with Crippen molar-refractivity contribution in [2.75, 3.05) is 18.5 Å². The van der Waals surface area contributed by atoms with Gasteiger partial charge in [0.05, 0.1) is 0 Å². The molecule has 0 aliphatic carbocycles. The molecule has 0 spiro atoms. The number of ether oxygens (including phenoxy) is 1. The van der Waals surface area contributed by atoms with Gasteiger partial charge in [0, 0.05) is 15.8 Å². The second-order valence-corrected chi connectivity index (χ2v) is 5.80. The first kappa shape index (κ1) is 15.1. The molecule has 0 aromatic heterocycles. The van der Waals surface area contributed by atoms with Gasteiger partial charge in [0.2, 0.25) is 0 Å². The van der Waals surface area contributed by atoms with Crippen LogP contribution in [0.2, 0.25) is 0 Å². The summed E-state index contributed by atoms with van der Waals surface area (Å²) in [5.41, 5.74) is 2.18. The Labute approximate surface area is 133 Å². The Bertz CT molecular complexity index is 560. The normalized spacial score (nSPS) is 11.9. The van der Waals surface area contributed by atoms with Gasteiger partial charge in [0.1, 0.15) is 18.5 Å². The van der Waals surface area contributed by atoms with Gasteiger partial charge in [-0.25, -0.2) is 0 Å². The van der Waals surface area contributed by atoms with Gasteiger partial charge < -0.3 is 15.2 Å². The summed E-state index contributed by atoms with van der Waals surface area (Å²) in [5.74, 6) is 0.790. The lowest BCUT2D eigenvalue weighted by molar-refractivity contribution is 0.117. The molecule has 1 unspecified atom stereocenters. The average molecular weight is 383 g/mol. The third kappa shape index (κ3) is 4.68. The Kier molecular flexibility index (Phi) is 5.67. The molecule has 3 nitrogen and oxygen atoms in total. The zero-order chi connectivity index (χ0) is 14.4. The van der Waals surface area contributed by atoms with E-state index >= 15 is 0 Å². The standard InChI is InChI=1S/C16H18INO2/c1-12-5-4-6-14(9-12)20-11-13(19)10-18-16-8-3-2-7-15(16)17/h2-9,13,18-19H,10-11H2,1H3. The van der Waals surface area contributed by atoms with E-state index in [1.54, 1.807) is 0 Å². The smallest absolute Gasteiger partial charge is 0.119 e. The number of aliphatic hydroxyl groups excluding tert-OH is 1. The fourth-order valence-electron chi connectivity index (χ4n) is 1.79. The molecule has 0 saturated heterocycles. The minimum atomic E-state index is -0.550. The van der Waals surface area contributed by atoms with Crippen LogP contribution in [-0.2, 0) is 0 Å². The predicted molar refractivity (Wildman–Crippen MR) is 90.3 cm³/mol. The molecule has 0 heterocycles. The average Bonchev–Trinajstić information content (AvgIpc) is 2.44. The third-order valence-electron chi connectivity index (χ3n) is 2.83. The van der Waals surface area contributed by atoms with Gasteiger partial charge in [0.15, 0.2) is 0 Å². The van der Waals surface area contributed by atoms with Crippen molar-refractivity contribution in [2.45, 2.75) is 13.0 Å². The Balaban J connectivity index is 1.78.